The first-order valence-corrected chi connectivity index (χ1v) is 8.31. The van der Waals surface area contributed by atoms with Crippen molar-refractivity contribution in [3.05, 3.63) is 65.3 Å². The van der Waals surface area contributed by atoms with Gasteiger partial charge in [-0.1, -0.05) is 29.8 Å². The van der Waals surface area contributed by atoms with Crippen LogP contribution >= 0.6 is 23.4 Å². The molecule has 1 amide bonds. The molecule has 23 heavy (non-hydrogen) atoms. The second-order valence-electron chi connectivity index (χ2n) is 4.48. The van der Waals surface area contributed by atoms with Crippen LogP contribution in [0.25, 0.3) is 0 Å². The van der Waals surface area contributed by atoms with E-state index in [9.17, 15) is 4.79 Å². The SMILES string of the molecule is CSc1cccc(N/C=C(/C#N)C(=O)Nc2ccccc2Cl)c1. The van der Waals surface area contributed by atoms with Gasteiger partial charge in [0.25, 0.3) is 5.91 Å². The van der Waals surface area contributed by atoms with Gasteiger partial charge < -0.3 is 10.6 Å². The Morgan fingerprint density at radius 1 is 1.26 bits per heavy atom. The summed E-state index contributed by atoms with van der Waals surface area (Å²) in [6, 6.07) is 16.4. The van der Waals surface area contributed by atoms with Crippen molar-refractivity contribution >= 4 is 40.6 Å². The Kier molecular flexibility index (Phi) is 6.10. The van der Waals surface area contributed by atoms with Gasteiger partial charge in [-0.05, 0) is 36.6 Å². The third-order valence-corrected chi connectivity index (χ3v) is 3.99. The van der Waals surface area contributed by atoms with Gasteiger partial charge in [-0.3, -0.25) is 4.79 Å². The van der Waals surface area contributed by atoms with Gasteiger partial charge in [-0.15, -0.1) is 11.8 Å². The number of nitrogens with zero attached hydrogens (tertiary/aromatic N) is 1. The first-order valence-electron chi connectivity index (χ1n) is 6.71. The standard InChI is InChI=1S/C17H14ClN3OS/c1-23-14-6-4-5-13(9-14)20-11-12(10-19)17(22)21-16-8-3-2-7-15(16)18/h2-9,11,20H,1H3,(H,21,22)/b12-11-. The molecule has 4 nitrogen and oxygen atoms in total. The molecule has 0 atom stereocenters. The van der Waals surface area contributed by atoms with Crippen LogP contribution in [-0.4, -0.2) is 12.2 Å². The Hall–Kier alpha value is -2.42. The van der Waals surface area contributed by atoms with Crippen LogP contribution < -0.4 is 10.6 Å². The second-order valence-corrected chi connectivity index (χ2v) is 5.77. The predicted octanol–water partition coefficient (Wildman–Crippen LogP) is 4.52. The van der Waals surface area contributed by atoms with Gasteiger partial charge in [0.05, 0.1) is 10.7 Å². The Labute approximate surface area is 144 Å². The maximum absolute atomic E-state index is 12.1. The smallest absolute Gasteiger partial charge is 0.267 e. The molecule has 0 spiro atoms. The Bertz CT molecular complexity index is 783. The molecule has 0 aliphatic heterocycles. The van der Waals surface area contributed by atoms with E-state index in [1.165, 1.54) is 6.20 Å². The highest BCUT2D eigenvalue weighted by atomic mass is 35.5. The molecule has 0 aromatic heterocycles. The van der Waals surface area contributed by atoms with Crippen molar-refractivity contribution in [2.75, 3.05) is 16.9 Å². The minimum absolute atomic E-state index is 0.0422. The predicted molar refractivity (Wildman–Crippen MR) is 95.6 cm³/mol. The number of halogens is 1. The van der Waals surface area contributed by atoms with E-state index in [1.807, 2.05) is 36.6 Å². The first-order chi connectivity index (χ1) is 11.1. The van der Waals surface area contributed by atoms with E-state index in [-0.39, 0.29) is 5.57 Å². The van der Waals surface area contributed by atoms with Crippen molar-refractivity contribution in [1.29, 1.82) is 5.26 Å². The Morgan fingerprint density at radius 2 is 2.04 bits per heavy atom. The number of hydrogen-bond donors (Lipinski definition) is 2. The number of nitrogens with one attached hydrogen (secondary N) is 2. The molecule has 6 heteroatoms. The monoisotopic (exact) mass is 343 g/mol. The molecule has 2 aromatic carbocycles. The summed E-state index contributed by atoms with van der Waals surface area (Å²) >= 11 is 7.60. The highest BCUT2D eigenvalue weighted by molar-refractivity contribution is 7.98. The molecule has 0 aliphatic carbocycles. The van der Waals surface area contributed by atoms with E-state index in [1.54, 1.807) is 36.0 Å². The third kappa shape index (κ3) is 4.78. The van der Waals surface area contributed by atoms with Gasteiger partial charge in [0.15, 0.2) is 0 Å². The molecule has 2 N–H and O–H groups in total. The number of amides is 1. The zero-order valence-corrected chi connectivity index (χ0v) is 13.9. The summed E-state index contributed by atoms with van der Waals surface area (Å²) < 4.78 is 0. The fourth-order valence-electron chi connectivity index (χ4n) is 1.77. The van der Waals surface area contributed by atoms with Gasteiger partial charge in [0.1, 0.15) is 11.6 Å². The van der Waals surface area contributed by atoms with Crippen LogP contribution in [0.5, 0.6) is 0 Å². The summed E-state index contributed by atoms with van der Waals surface area (Å²) in [4.78, 5) is 13.2. The van der Waals surface area contributed by atoms with Crippen molar-refractivity contribution in [1.82, 2.24) is 0 Å². The average molecular weight is 344 g/mol. The number of benzene rings is 2. The van der Waals surface area contributed by atoms with E-state index in [2.05, 4.69) is 10.6 Å². The number of carbonyl (C=O) groups is 1. The minimum atomic E-state index is -0.519. The molecule has 0 heterocycles. The molecule has 0 bridgehead atoms. The zero-order chi connectivity index (χ0) is 16.7. The maximum Gasteiger partial charge on any atom is 0.267 e. The van der Waals surface area contributed by atoms with E-state index >= 15 is 0 Å². The van der Waals surface area contributed by atoms with E-state index < -0.39 is 5.91 Å². The van der Waals surface area contributed by atoms with Crippen LogP contribution in [-0.2, 0) is 4.79 Å². The lowest BCUT2D eigenvalue weighted by Gasteiger charge is -2.07. The minimum Gasteiger partial charge on any atom is -0.360 e. The Morgan fingerprint density at radius 3 is 2.74 bits per heavy atom. The average Bonchev–Trinajstić information content (AvgIpc) is 2.57. The number of thioether (sulfide) groups is 1. The fourth-order valence-corrected chi connectivity index (χ4v) is 2.41. The second kappa shape index (κ2) is 8.28. The first kappa shape index (κ1) is 16.9. The summed E-state index contributed by atoms with van der Waals surface area (Å²) in [6.45, 7) is 0. The van der Waals surface area contributed by atoms with Gasteiger partial charge in [0.2, 0.25) is 0 Å². The van der Waals surface area contributed by atoms with E-state index in [0.717, 1.165) is 10.6 Å². The lowest BCUT2D eigenvalue weighted by Crippen LogP contribution is -2.14. The quantitative estimate of drug-likeness (QED) is 0.476. The molecule has 2 rings (SSSR count). The summed E-state index contributed by atoms with van der Waals surface area (Å²) in [5, 5.41) is 15.2. The van der Waals surface area contributed by atoms with Gasteiger partial charge in [-0.25, -0.2) is 0 Å². The molecular weight excluding hydrogens is 330 g/mol. The normalized spacial score (nSPS) is 10.7. The molecule has 116 valence electrons. The third-order valence-electron chi connectivity index (χ3n) is 2.94. The summed E-state index contributed by atoms with van der Waals surface area (Å²) in [7, 11) is 0. The molecule has 2 aromatic rings. The van der Waals surface area contributed by atoms with E-state index in [0.29, 0.717) is 10.7 Å². The molecule has 0 radical (unpaired) electrons. The number of anilines is 2. The largest absolute Gasteiger partial charge is 0.360 e. The molecule has 0 saturated carbocycles. The maximum atomic E-state index is 12.1. The van der Waals surface area contributed by atoms with Crippen molar-refractivity contribution in [3.63, 3.8) is 0 Å². The number of para-hydroxylation sites is 1. The number of nitriles is 1. The van der Waals surface area contributed by atoms with Crippen molar-refractivity contribution in [3.8, 4) is 6.07 Å². The number of rotatable bonds is 5. The van der Waals surface area contributed by atoms with Crippen LogP contribution in [0.4, 0.5) is 11.4 Å². The number of carbonyl (C=O) groups excluding carboxylic acids is 1. The zero-order valence-electron chi connectivity index (χ0n) is 12.3. The van der Waals surface area contributed by atoms with Crippen molar-refractivity contribution in [2.45, 2.75) is 4.90 Å². The Balaban J connectivity index is 2.10. The lowest BCUT2D eigenvalue weighted by atomic mass is 10.2. The topological polar surface area (TPSA) is 64.9 Å². The summed E-state index contributed by atoms with van der Waals surface area (Å²) in [6.07, 6.45) is 3.36. The van der Waals surface area contributed by atoms with Crippen molar-refractivity contribution in [2.24, 2.45) is 0 Å². The summed E-state index contributed by atoms with van der Waals surface area (Å²) in [5.41, 5.74) is 1.22. The van der Waals surface area contributed by atoms with Crippen LogP contribution in [0.1, 0.15) is 0 Å². The fraction of sp³-hybridized carbons (Fsp3) is 0.0588. The van der Waals surface area contributed by atoms with Crippen LogP contribution in [0.3, 0.4) is 0 Å². The highest BCUT2D eigenvalue weighted by Gasteiger charge is 2.10. The lowest BCUT2D eigenvalue weighted by molar-refractivity contribution is -0.112. The van der Waals surface area contributed by atoms with Crippen LogP contribution in [0.15, 0.2) is 65.2 Å². The molecular formula is C17H14ClN3OS. The highest BCUT2D eigenvalue weighted by Crippen LogP contribution is 2.21. The van der Waals surface area contributed by atoms with Gasteiger partial charge >= 0.3 is 0 Å². The van der Waals surface area contributed by atoms with Crippen LogP contribution in [0, 0.1) is 11.3 Å². The molecule has 0 saturated heterocycles. The van der Waals surface area contributed by atoms with Crippen LogP contribution in [0.2, 0.25) is 5.02 Å². The van der Waals surface area contributed by atoms with Gasteiger partial charge in [0, 0.05) is 16.8 Å². The molecule has 0 aliphatic rings. The summed E-state index contributed by atoms with van der Waals surface area (Å²) in [5.74, 6) is -0.519. The van der Waals surface area contributed by atoms with Gasteiger partial charge in [-0.2, -0.15) is 5.26 Å². The van der Waals surface area contributed by atoms with E-state index in [4.69, 9.17) is 16.9 Å². The molecule has 0 fully saturated rings. The molecule has 0 unspecified atom stereocenters. The number of hydrogen-bond acceptors (Lipinski definition) is 4. The van der Waals surface area contributed by atoms with Crippen molar-refractivity contribution < 1.29 is 4.79 Å².